The molecule has 0 radical (unpaired) electrons. The Kier molecular flexibility index (Phi) is 4.09. The van der Waals surface area contributed by atoms with Gasteiger partial charge in [0, 0.05) is 11.6 Å². The van der Waals surface area contributed by atoms with Crippen LogP contribution in [0.2, 0.25) is 0 Å². The van der Waals surface area contributed by atoms with Gasteiger partial charge in [0.25, 0.3) is 0 Å². The fourth-order valence-corrected chi connectivity index (χ4v) is 2.05. The minimum absolute atomic E-state index is 0.149. The average molecular weight is 301 g/mol. The number of esters is 1. The second-order valence-corrected chi connectivity index (χ2v) is 4.50. The standard InChI is InChI=1S/C16H15NO5/c1-2-19-16(18)12-10-22-14(17-12)7-6-11-4-3-5-13-15(11)21-9-8-20-13/h3-7,10H,2,8-9H2,1H3/b7-6+. The lowest BCUT2D eigenvalue weighted by atomic mass is 10.1. The van der Waals surface area contributed by atoms with Gasteiger partial charge in [0.15, 0.2) is 17.2 Å². The van der Waals surface area contributed by atoms with Crippen molar-refractivity contribution in [2.24, 2.45) is 0 Å². The van der Waals surface area contributed by atoms with Crippen LogP contribution in [-0.4, -0.2) is 30.8 Å². The number of oxazole rings is 1. The SMILES string of the molecule is CCOC(=O)c1coc(/C=C/c2cccc3c2OCCO3)n1. The van der Waals surface area contributed by atoms with Crippen LogP contribution < -0.4 is 9.47 Å². The van der Waals surface area contributed by atoms with Crippen molar-refractivity contribution in [3.8, 4) is 11.5 Å². The Bertz CT molecular complexity index is 704. The molecule has 6 nitrogen and oxygen atoms in total. The molecule has 2 aromatic rings. The molecule has 0 fully saturated rings. The predicted octanol–water partition coefficient (Wildman–Crippen LogP) is 2.79. The molecule has 0 unspecified atom stereocenters. The van der Waals surface area contributed by atoms with E-state index in [1.165, 1.54) is 6.26 Å². The van der Waals surface area contributed by atoms with E-state index in [1.807, 2.05) is 18.2 Å². The minimum atomic E-state index is -0.500. The molecule has 1 aromatic carbocycles. The van der Waals surface area contributed by atoms with Crippen LogP contribution in [0.5, 0.6) is 11.5 Å². The summed E-state index contributed by atoms with van der Waals surface area (Å²) < 4.78 is 21.2. The van der Waals surface area contributed by atoms with Crippen LogP contribution >= 0.6 is 0 Å². The maximum atomic E-state index is 11.5. The maximum absolute atomic E-state index is 11.5. The number of carbonyl (C=O) groups is 1. The van der Waals surface area contributed by atoms with Crippen molar-refractivity contribution in [1.29, 1.82) is 0 Å². The lowest BCUT2D eigenvalue weighted by Gasteiger charge is -2.19. The Morgan fingerprint density at radius 2 is 2.18 bits per heavy atom. The molecule has 0 saturated carbocycles. The molecule has 2 heterocycles. The van der Waals surface area contributed by atoms with Crippen molar-refractivity contribution in [1.82, 2.24) is 4.98 Å². The van der Waals surface area contributed by atoms with Crippen LogP contribution in [0.15, 0.2) is 28.9 Å². The van der Waals surface area contributed by atoms with Crippen LogP contribution in [0, 0.1) is 0 Å². The van der Waals surface area contributed by atoms with Gasteiger partial charge in [-0.1, -0.05) is 12.1 Å². The van der Waals surface area contributed by atoms with E-state index in [2.05, 4.69) is 4.98 Å². The number of fused-ring (bicyclic) bond motifs is 1. The number of nitrogens with zero attached hydrogens (tertiary/aromatic N) is 1. The molecule has 0 N–H and O–H groups in total. The van der Waals surface area contributed by atoms with Gasteiger partial charge in [-0.05, 0) is 19.1 Å². The van der Waals surface area contributed by atoms with Crippen LogP contribution in [0.3, 0.4) is 0 Å². The zero-order valence-electron chi connectivity index (χ0n) is 12.1. The first-order chi connectivity index (χ1) is 10.8. The summed E-state index contributed by atoms with van der Waals surface area (Å²) in [5.41, 5.74) is 1.00. The Labute approximate surface area is 127 Å². The highest BCUT2D eigenvalue weighted by atomic mass is 16.6. The molecule has 3 rings (SSSR count). The predicted molar refractivity (Wildman–Crippen MR) is 78.8 cm³/mol. The van der Waals surface area contributed by atoms with E-state index in [0.717, 1.165) is 5.56 Å². The topological polar surface area (TPSA) is 70.8 Å². The first-order valence-electron chi connectivity index (χ1n) is 6.97. The Hall–Kier alpha value is -2.76. The monoisotopic (exact) mass is 301 g/mol. The summed E-state index contributed by atoms with van der Waals surface area (Å²) in [4.78, 5) is 15.6. The molecular weight excluding hydrogens is 286 g/mol. The van der Waals surface area contributed by atoms with E-state index in [4.69, 9.17) is 18.6 Å². The smallest absolute Gasteiger partial charge is 0.360 e. The van der Waals surface area contributed by atoms with E-state index in [0.29, 0.717) is 37.2 Å². The number of hydrogen-bond acceptors (Lipinski definition) is 6. The number of ether oxygens (including phenoxy) is 3. The second kappa shape index (κ2) is 6.34. The number of aromatic nitrogens is 1. The quantitative estimate of drug-likeness (QED) is 0.809. The van der Waals surface area contributed by atoms with E-state index >= 15 is 0 Å². The Morgan fingerprint density at radius 1 is 1.32 bits per heavy atom. The van der Waals surface area contributed by atoms with Gasteiger partial charge in [0.1, 0.15) is 19.5 Å². The van der Waals surface area contributed by atoms with Crippen LogP contribution in [0.25, 0.3) is 12.2 Å². The van der Waals surface area contributed by atoms with Gasteiger partial charge in [-0.2, -0.15) is 0 Å². The third-order valence-electron chi connectivity index (χ3n) is 3.01. The van der Waals surface area contributed by atoms with E-state index < -0.39 is 5.97 Å². The van der Waals surface area contributed by atoms with E-state index in [-0.39, 0.29) is 5.69 Å². The lowest BCUT2D eigenvalue weighted by Crippen LogP contribution is -2.15. The summed E-state index contributed by atoms with van der Waals surface area (Å²) in [5, 5.41) is 0. The molecule has 22 heavy (non-hydrogen) atoms. The Balaban J connectivity index is 1.79. The fourth-order valence-electron chi connectivity index (χ4n) is 2.05. The number of para-hydroxylation sites is 1. The third-order valence-corrected chi connectivity index (χ3v) is 3.01. The summed E-state index contributed by atoms with van der Waals surface area (Å²) in [7, 11) is 0. The van der Waals surface area contributed by atoms with Crippen LogP contribution in [0.4, 0.5) is 0 Å². The molecule has 114 valence electrons. The molecule has 0 amide bonds. The summed E-state index contributed by atoms with van der Waals surface area (Å²) in [6.07, 6.45) is 4.74. The van der Waals surface area contributed by atoms with Crippen molar-refractivity contribution in [2.75, 3.05) is 19.8 Å². The largest absolute Gasteiger partial charge is 0.486 e. The van der Waals surface area contributed by atoms with E-state index in [1.54, 1.807) is 19.1 Å². The second-order valence-electron chi connectivity index (χ2n) is 4.50. The molecular formula is C16H15NO5. The maximum Gasteiger partial charge on any atom is 0.360 e. The normalized spacial score (nSPS) is 13.3. The third kappa shape index (κ3) is 2.95. The molecule has 0 spiro atoms. The molecule has 0 bridgehead atoms. The highest BCUT2D eigenvalue weighted by Gasteiger charge is 2.15. The molecule has 0 saturated heterocycles. The molecule has 0 aliphatic carbocycles. The highest BCUT2D eigenvalue weighted by Crippen LogP contribution is 2.34. The van der Waals surface area contributed by atoms with Crippen molar-refractivity contribution < 1.29 is 23.4 Å². The number of carbonyl (C=O) groups excluding carboxylic acids is 1. The van der Waals surface area contributed by atoms with Gasteiger partial charge in [-0.3, -0.25) is 0 Å². The van der Waals surface area contributed by atoms with Gasteiger partial charge < -0.3 is 18.6 Å². The summed E-state index contributed by atoms with van der Waals surface area (Å²) in [6, 6.07) is 5.64. The van der Waals surface area contributed by atoms with Crippen molar-refractivity contribution in [3.63, 3.8) is 0 Å². The summed E-state index contributed by atoms with van der Waals surface area (Å²) >= 11 is 0. The van der Waals surface area contributed by atoms with Crippen molar-refractivity contribution in [3.05, 3.63) is 41.6 Å². The zero-order chi connectivity index (χ0) is 15.4. The highest BCUT2D eigenvalue weighted by molar-refractivity contribution is 5.87. The first-order valence-corrected chi connectivity index (χ1v) is 6.97. The molecule has 6 heteroatoms. The molecule has 1 aliphatic rings. The van der Waals surface area contributed by atoms with Crippen LogP contribution in [0.1, 0.15) is 28.9 Å². The van der Waals surface area contributed by atoms with Crippen molar-refractivity contribution >= 4 is 18.1 Å². The minimum Gasteiger partial charge on any atom is -0.486 e. The van der Waals surface area contributed by atoms with Crippen LogP contribution in [-0.2, 0) is 4.74 Å². The van der Waals surface area contributed by atoms with E-state index in [9.17, 15) is 4.79 Å². The molecule has 1 aromatic heterocycles. The summed E-state index contributed by atoms with van der Waals surface area (Å²) in [6.45, 7) is 3.09. The average Bonchev–Trinajstić information content (AvgIpc) is 3.02. The molecule has 0 atom stereocenters. The fraction of sp³-hybridized carbons (Fsp3) is 0.250. The van der Waals surface area contributed by atoms with Gasteiger partial charge in [-0.25, -0.2) is 9.78 Å². The number of hydrogen-bond donors (Lipinski definition) is 0. The Morgan fingerprint density at radius 3 is 3.05 bits per heavy atom. The van der Waals surface area contributed by atoms with Gasteiger partial charge in [0.2, 0.25) is 5.89 Å². The number of benzene rings is 1. The first kappa shape index (κ1) is 14.2. The molecule has 1 aliphatic heterocycles. The number of rotatable bonds is 4. The zero-order valence-corrected chi connectivity index (χ0v) is 12.1. The van der Waals surface area contributed by atoms with Gasteiger partial charge >= 0.3 is 5.97 Å². The van der Waals surface area contributed by atoms with Gasteiger partial charge in [-0.15, -0.1) is 0 Å². The van der Waals surface area contributed by atoms with Crippen molar-refractivity contribution in [2.45, 2.75) is 6.92 Å². The van der Waals surface area contributed by atoms with Gasteiger partial charge in [0.05, 0.1) is 6.61 Å². The summed E-state index contributed by atoms with van der Waals surface area (Å²) in [5.74, 6) is 1.23. The lowest BCUT2D eigenvalue weighted by molar-refractivity contribution is 0.0519.